The minimum absolute atomic E-state index is 0.0296. The predicted molar refractivity (Wildman–Crippen MR) is 64.3 cm³/mol. The van der Waals surface area contributed by atoms with Gasteiger partial charge in [0.15, 0.2) is 0 Å². The van der Waals surface area contributed by atoms with Crippen molar-refractivity contribution in [1.29, 1.82) is 0 Å². The van der Waals surface area contributed by atoms with Gasteiger partial charge in [0.2, 0.25) is 0 Å². The second-order valence-corrected chi connectivity index (χ2v) is 6.14. The largest absolute Gasteiger partial charge is 0.351 e. The average molecular weight is 297 g/mol. The standard InChI is InChI=1S/C9H11BrClNOS/c1-6(11)4-5-12-9(13)7-2-3-8(10)14-7/h2-3,6H,4-5H2,1H3,(H,12,13). The molecule has 14 heavy (non-hydrogen) atoms. The van der Waals surface area contributed by atoms with Gasteiger partial charge in [-0.25, -0.2) is 0 Å². The molecule has 0 aliphatic heterocycles. The van der Waals surface area contributed by atoms with Crippen LogP contribution in [0.1, 0.15) is 23.0 Å². The third kappa shape index (κ3) is 3.98. The van der Waals surface area contributed by atoms with Crippen LogP contribution in [0.25, 0.3) is 0 Å². The highest BCUT2D eigenvalue weighted by Crippen LogP contribution is 2.21. The van der Waals surface area contributed by atoms with Gasteiger partial charge in [0.1, 0.15) is 0 Å². The van der Waals surface area contributed by atoms with Crippen LogP contribution in [-0.2, 0) is 0 Å². The van der Waals surface area contributed by atoms with E-state index in [1.54, 1.807) is 6.07 Å². The molecular formula is C9H11BrClNOS. The summed E-state index contributed by atoms with van der Waals surface area (Å²) in [4.78, 5) is 12.2. The molecule has 2 nitrogen and oxygen atoms in total. The van der Waals surface area contributed by atoms with E-state index in [4.69, 9.17) is 11.6 Å². The van der Waals surface area contributed by atoms with Crippen LogP contribution in [-0.4, -0.2) is 17.8 Å². The monoisotopic (exact) mass is 295 g/mol. The molecule has 1 atom stereocenters. The SMILES string of the molecule is CC(Cl)CCNC(=O)c1ccc(Br)s1. The quantitative estimate of drug-likeness (QED) is 0.849. The first-order valence-electron chi connectivity index (χ1n) is 4.27. The maximum Gasteiger partial charge on any atom is 0.261 e. The van der Waals surface area contributed by atoms with E-state index in [2.05, 4.69) is 21.2 Å². The van der Waals surface area contributed by atoms with Crippen LogP contribution in [0, 0.1) is 0 Å². The van der Waals surface area contributed by atoms with E-state index in [0.29, 0.717) is 6.54 Å². The minimum Gasteiger partial charge on any atom is -0.351 e. The highest BCUT2D eigenvalue weighted by Gasteiger charge is 2.07. The zero-order chi connectivity index (χ0) is 10.6. The number of carbonyl (C=O) groups is 1. The lowest BCUT2D eigenvalue weighted by molar-refractivity contribution is 0.0957. The molecule has 1 aromatic heterocycles. The van der Waals surface area contributed by atoms with Crippen LogP contribution in [0.15, 0.2) is 15.9 Å². The molecule has 0 fully saturated rings. The van der Waals surface area contributed by atoms with Crippen LogP contribution in [0.5, 0.6) is 0 Å². The Kier molecular flexibility index (Phi) is 4.92. The molecule has 1 aromatic rings. The average Bonchev–Trinajstić information content (AvgIpc) is 2.51. The Morgan fingerprint density at radius 1 is 1.71 bits per heavy atom. The van der Waals surface area contributed by atoms with Gasteiger partial charge in [-0.05, 0) is 41.4 Å². The van der Waals surface area contributed by atoms with Gasteiger partial charge in [-0.2, -0.15) is 0 Å². The topological polar surface area (TPSA) is 29.1 Å². The summed E-state index contributed by atoms with van der Waals surface area (Å²) >= 11 is 10.5. The Labute approximate surface area is 101 Å². The van der Waals surface area contributed by atoms with Crippen molar-refractivity contribution in [2.75, 3.05) is 6.54 Å². The number of alkyl halides is 1. The van der Waals surface area contributed by atoms with Crippen LogP contribution in [0.3, 0.4) is 0 Å². The van der Waals surface area contributed by atoms with Crippen molar-refractivity contribution in [1.82, 2.24) is 5.32 Å². The smallest absolute Gasteiger partial charge is 0.261 e. The fraction of sp³-hybridized carbons (Fsp3) is 0.444. The Balaban J connectivity index is 2.36. The van der Waals surface area contributed by atoms with Gasteiger partial charge in [0, 0.05) is 11.9 Å². The number of hydrogen-bond donors (Lipinski definition) is 1. The Hall–Kier alpha value is -0.0600. The fourth-order valence-corrected chi connectivity index (χ4v) is 2.32. The third-order valence-corrected chi connectivity index (χ3v) is 3.47. The maximum absolute atomic E-state index is 11.5. The Bertz CT molecular complexity index is 314. The maximum atomic E-state index is 11.5. The number of amides is 1. The summed E-state index contributed by atoms with van der Waals surface area (Å²) in [5.41, 5.74) is 0. The van der Waals surface area contributed by atoms with Crippen molar-refractivity contribution in [3.63, 3.8) is 0 Å². The molecule has 0 aromatic carbocycles. The number of nitrogens with one attached hydrogen (secondary N) is 1. The van der Waals surface area contributed by atoms with Gasteiger partial charge in [-0.1, -0.05) is 0 Å². The van der Waals surface area contributed by atoms with Crippen LogP contribution < -0.4 is 5.32 Å². The van der Waals surface area contributed by atoms with E-state index in [1.807, 2.05) is 13.0 Å². The van der Waals surface area contributed by atoms with Gasteiger partial charge >= 0.3 is 0 Å². The minimum atomic E-state index is -0.0296. The van der Waals surface area contributed by atoms with Gasteiger partial charge < -0.3 is 5.32 Å². The molecule has 1 N–H and O–H groups in total. The lowest BCUT2D eigenvalue weighted by Crippen LogP contribution is -2.24. The number of thiophene rings is 1. The summed E-state index contributed by atoms with van der Waals surface area (Å²) in [5.74, 6) is -0.0296. The summed E-state index contributed by atoms with van der Waals surface area (Å²) in [6.07, 6.45) is 0.792. The van der Waals surface area contributed by atoms with Crippen molar-refractivity contribution in [3.8, 4) is 0 Å². The summed E-state index contributed by atoms with van der Waals surface area (Å²) in [6.45, 7) is 2.54. The van der Waals surface area contributed by atoms with Gasteiger partial charge in [-0.15, -0.1) is 22.9 Å². The van der Waals surface area contributed by atoms with Crippen molar-refractivity contribution in [2.45, 2.75) is 18.7 Å². The molecule has 78 valence electrons. The summed E-state index contributed by atoms with van der Waals surface area (Å²) < 4.78 is 0.966. The first-order chi connectivity index (χ1) is 6.59. The van der Waals surface area contributed by atoms with E-state index in [-0.39, 0.29) is 11.3 Å². The fourth-order valence-electron chi connectivity index (χ4n) is 0.908. The molecule has 1 heterocycles. The normalized spacial score (nSPS) is 12.5. The number of hydrogen-bond acceptors (Lipinski definition) is 2. The Morgan fingerprint density at radius 2 is 2.43 bits per heavy atom. The molecule has 1 rings (SSSR count). The lowest BCUT2D eigenvalue weighted by atomic mass is 10.3. The van der Waals surface area contributed by atoms with Crippen LogP contribution >= 0.6 is 38.9 Å². The molecule has 5 heteroatoms. The Morgan fingerprint density at radius 3 is 2.93 bits per heavy atom. The highest BCUT2D eigenvalue weighted by atomic mass is 79.9. The molecule has 0 aliphatic rings. The van der Waals surface area contributed by atoms with Crippen molar-refractivity contribution in [2.24, 2.45) is 0 Å². The van der Waals surface area contributed by atoms with E-state index >= 15 is 0 Å². The molecule has 1 unspecified atom stereocenters. The van der Waals surface area contributed by atoms with Crippen LogP contribution in [0.4, 0.5) is 0 Å². The molecule has 1 amide bonds. The van der Waals surface area contributed by atoms with Crippen molar-refractivity contribution >= 4 is 44.8 Å². The number of carbonyl (C=O) groups excluding carboxylic acids is 1. The molecule has 0 saturated carbocycles. The second-order valence-electron chi connectivity index (χ2n) is 2.93. The molecule has 0 spiro atoms. The van der Waals surface area contributed by atoms with E-state index in [0.717, 1.165) is 15.1 Å². The van der Waals surface area contributed by atoms with Gasteiger partial charge in [0.25, 0.3) is 5.91 Å². The molecular weight excluding hydrogens is 286 g/mol. The third-order valence-electron chi connectivity index (χ3n) is 1.62. The van der Waals surface area contributed by atoms with E-state index in [1.165, 1.54) is 11.3 Å². The van der Waals surface area contributed by atoms with Gasteiger partial charge in [-0.3, -0.25) is 4.79 Å². The second kappa shape index (κ2) is 5.73. The highest BCUT2D eigenvalue weighted by molar-refractivity contribution is 9.11. The summed E-state index contributed by atoms with van der Waals surface area (Å²) in [7, 11) is 0. The number of rotatable bonds is 4. The first-order valence-corrected chi connectivity index (χ1v) is 6.32. The molecule has 0 bridgehead atoms. The summed E-state index contributed by atoms with van der Waals surface area (Å²) in [5, 5.41) is 2.91. The molecule has 0 radical (unpaired) electrons. The van der Waals surface area contributed by atoms with Crippen molar-refractivity contribution < 1.29 is 4.79 Å². The van der Waals surface area contributed by atoms with Crippen LogP contribution in [0.2, 0.25) is 0 Å². The lowest BCUT2D eigenvalue weighted by Gasteiger charge is -2.04. The van der Waals surface area contributed by atoms with Crippen molar-refractivity contribution in [3.05, 3.63) is 20.8 Å². The van der Waals surface area contributed by atoms with Gasteiger partial charge in [0.05, 0.1) is 8.66 Å². The first kappa shape index (κ1) is 12.0. The zero-order valence-corrected chi connectivity index (χ0v) is 10.9. The van der Waals surface area contributed by atoms with E-state index in [9.17, 15) is 4.79 Å². The zero-order valence-electron chi connectivity index (χ0n) is 7.72. The predicted octanol–water partition coefficient (Wildman–Crippen LogP) is 3.26. The molecule has 0 aliphatic carbocycles. The summed E-state index contributed by atoms with van der Waals surface area (Å²) in [6, 6.07) is 3.66. The number of halogens is 2. The molecule has 0 saturated heterocycles. The van der Waals surface area contributed by atoms with E-state index < -0.39 is 0 Å².